The van der Waals surface area contributed by atoms with Crippen LogP contribution >= 0.6 is 0 Å². The molecule has 3 nitrogen and oxygen atoms in total. The largest absolute Gasteiger partial charge is 0.544 e. The molecule has 0 saturated carbocycles. The Bertz CT molecular complexity index is 317. The second-order valence-electron chi connectivity index (χ2n) is 3.69. The molecular weight excluding hydrogens is 178 g/mol. The maximum atomic E-state index is 10.5. The lowest BCUT2D eigenvalue weighted by molar-refractivity contribution is -0.443. The number of hydrogen-bond donors (Lipinski definition) is 1. The molecule has 0 fully saturated rings. The van der Waals surface area contributed by atoms with Gasteiger partial charge in [-0.1, -0.05) is 38.1 Å². The monoisotopic (exact) mass is 193 g/mol. The molecule has 3 N–H and O–H groups in total. The van der Waals surface area contributed by atoms with Gasteiger partial charge in [0.25, 0.3) is 0 Å². The van der Waals surface area contributed by atoms with Crippen molar-refractivity contribution < 1.29 is 15.6 Å². The van der Waals surface area contributed by atoms with Gasteiger partial charge < -0.3 is 15.6 Å². The van der Waals surface area contributed by atoms with E-state index in [2.05, 4.69) is 19.6 Å². The molecule has 0 aromatic heterocycles. The molecule has 0 spiro atoms. The summed E-state index contributed by atoms with van der Waals surface area (Å²) in [5, 5.41) is 10.5. The average Bonchev–Trinajstić information content (AvgIpc) is 2.16. The standard InChI is InChI=1S/C11H15NO2/c1-7(2)8-3-5-9(6-4-8)10(12)11(13)14/h3-7,10H,12H2,1-2H3,(H,13,14)/t10-/m1/s1. The first-order valence-corrected chi connectivity index (χ1v) is 4.66. The molecule has 0 amide bonds. The fraction of sp³-hybridized carbons (Fsp3) is 0.364. The van der Waals surface area contributed by atoms with E-state index in [1.807, 2.05) is 12.1 Å². The highest BCUT2D eigenvalue weighted by molar-refractivity contribution is 5.71. The fourth-order valence-corrected chi connectivity index (χ4v) is 1.25. The van der Waals surface area contributed by atoms with E-state index in [9.17, 15) is 9.90 Å². The van der Waals surface area contributed by atoms with E-state index >= 15 is 0 Å². The quantitative estimate of drug-likeness (QED) is 0.725. The van der Waals surface area contributed by atoms with E-state index in [4.69, 9.17) is 0 Å². The molecule has 3 heteroatoms. The zero-order valence-corrected chi connectivity index (χ0v) is 8.49. The van der Waals surface area contributed by atoms with Crippen molar-refractivity contribution in [2.45, 2.75) is 25.8 Å². The fourth-order valence-electron chi connectivity index (χ4n) is 1.25. The molecule has 1 atom stereocenters. The zero-order chi connectivity index (χ0) is 10.7. The first-order chi connectivity index (χ1) is 6.52. The van der Waals surface area contributed by atoms with Gasteiger partial charge in [-0.3, -0.25) is 0 Å². The molecule has 0 radical (unpaired) electrons. The van der Waals surface area contributed by atoms with Crippen LogP contribution in [0.2, 0.25) is 0 Å². The summed E-state index contributed by atoms with van der Waals surface area (Å²) in [7, 11) is 0. The normalized spacial score (nSPS) is 12.9. The van der Waals surface area contributed by atoms with Gasteiger partial charge in [0.1, 0.15) is 5.97 Å². The van der Waals surface area contributed by atoms with Gasteiger partial charge in [-0.05, 0) is 11.5 Å². The van der Waals surface area contributed by atoms with Gasteiger partial charge >= 0.3 is 0 Å². The van der Waals surface area contributed by atoms with Crippen molar-refractivity contribution in [3.05, 3.63) is 35.4 Å². The minimum atomic E-state index is -1.14. The lowest BCUT2D eigenvalue weighted by atomic mass is 9.99. The van der Waals surface area contributed by atoms with Crippen LogP contribution in [0.3, 0.4) is 0 Å². The average molecular weight is 193 g/mol. The maximum Gasteiger partial charge on any atom is 0.150 e. The van der Waals surface area contributed by atoms with Gasteiger partial charge in [-0.15, -0.1) is 0 Å². The molecule has 0 unspecified atom stereocenters. The van der Waals surface area contributed by atoms with Gasteiger partial charge in [0, 0.05) is 5.56 Å². The summed E-state index contributed by atoms with van der Waals surface area (Å²) in [6.07, 6.45) is 0. The van der Waals surface area contributed by atoms with Crippen LogP contribution in [0.25, 0.3) is 0 Å². The number of rotatable bonds is 3. The maximum absolute atomic E-state index is 10.5. The second kappa shape index (κ2) is 4.24. The highest BCUT2D eigenvalue weighted by Gasteiger charge is 2.10. The lowest BCUT2D eigenvalue weighted by Crippen LogP contribution is -2.61. The summed E-state index contributed by atoms with van der Waals surface area (Å²) < 4.78 is 0. The van der Waals surface area contributed by atoms with E-state index in [0.717, 1.165) is 0 Å². The molecule has 14 heavy (non-hydrogen) atoms. The summed E-state index contributed by atoms with van der Waals surface area (Å²) in [5.74, 6) is -0.683. The van der Waals surface area contributed by atoms with Crippen molar-refractivity contribution >= 4 is 5.97 Å². The summed E-state index contributed by atoms with van der Waals surface area (Å²) in [5.41, 5.74) is 5.40. The van der Waals surface area contributed by atoms with Crippen LogP contribution < -0.4 is 10.8 Å². The number of aliphatic carboxylic acids is 1. The van der Waals surface area contributed by atoms with Crippen molar-refractivity contribution in [2.75, 3.05) is 0 Å². The van der Waals surface area contributed by atoms with Gasteiger partial charge in [0.15, 0.2) is 6.04 Å². The third kappa shape index (κ3) is 2.33. The van der Waals surface area contributed by atoms with Crippen LogP contribution in [0, 0.1) is 0 Å². The van der Waals surface area contributed by atoms with Gasteiger partial charge in [0.2, 0.25) is 0 Å². The highest BCUT2D eigenvalue weighted by Crippen LogP contribution is 2.16. The Morgan fingerprint density at radius 2 is 1.64 bits per heavy atom. The Hall–Kier alpha value is -1.35. The van der Waals surface area contributed by atoms with Crippen LogP contribution in [-0.4, -0.2) is 5.97 Å². The van der Waals surface area contributed by atoms with E-state index in [1.165, 1.54) is 5.56 Å². The number of carbonyl (C=O) groups excluding carboxylic acids is 1. The molecule has 1 aromatic rings. The molecule has 0 aliphatic carbocycles. The summed E-state index contributed by atoms with van der Waals surface area (Å²) >= 11 is 0. The molecule has 1 rings (SSSR count). The van der Waals surface area contributed by atoms with Crippen molar-refractivity contribution in [1.29, 1.82) is 0 Å². The van der Waals surface area contributed by atoms with E-state index in [0.29, 0.717) is 11.5 Å². The summed E-state index contributed by atoms with van der Waals surface area (Å²) in [6.45, 7) is 4.19. The molecule has 0 aliphatic rings. The molecule has 0 bridgehead atoms. The number of carbonyl (C=O) groups is 1. The lowest BCUT2D eigenvalue weighted by Gasteiger charge is -2.11. The third-order valence-corrected chi connectivity index (χ3v) is 2.29. The summed E-state index contributed by atoms with van der Waals surface area (Å²) in [4.78, 5) is 10.5. The Balaban J connectivity index is 2.88. The molecular formula is C11H15NO2. The number of benzene rings is 1. The molecule has 76 valence electrons. The minimum absolute atomic E-state index is 0.454. The SMILES string of the molecule is CC(C)c1ccc([C@@H]([NH3+])C(=O)[O-])cc1. The molecule has 0 saturated heterocycles. The van der Waals surface area contributed by atoms with E-state index < -0.39 is 12.0 Å². The molecule has 0 heterocycles. The number of hydrogen-bond acceptors (Lipinski definition) is 2. The van der Waals surface area contributed by atoms with Crippen LogP contribution in [0.4, 0.5) is 0 Å². The van der Waals surface area contributed by atoms with Gasteiger partial charge in [-0.25, -0.2) is 0 Å². The van der Waals surface area contributed by atoms with E-state index in [-0.39, 0.29) is 0 Å². The first-order valence-electron chi connectivity index (χ1n) is 4.66. The number of quaternary nitrogens is 1. The van der Waals surface area contributed by atoms with Gasteiger partial charge in [-0.2, -0.15) is 0 Å². The number of carboxylic acid groups (broad SMARTS) is 1. The third-order valence-electron chi connectivity index (χ3n) is 2.29. The molecule has 1 aromatic carbocycles. The van der Waals surface area contributed by atoms with Crippen LogP contribution in [0.5, 0.6) is 0 Å². The Kier molecular flexibility index (Phi) is 3.25. The van der Waals surface area contributed by atoms with Crippen molar-refractivity contribution in [1.82, 2.24) is 0 Å². The summed E-state index contributed by atoms with van der Waals surface area (Å²) in [6, 6.07) is 6.67. The zero-order valence-electron chi connectivity index (χ0n) is 8.49. The van der Waals surface area contributed by atoms with Crippen molar-refractivity contribution in [3.8, 4) is 0 Å². The first kappa shape index (κ1) is 10.7. The minimum Gasteiger partial charge on any atom is -0.544 e. The van der Waals surface area contributed by atoms with Crippen molar-refractivity contribution in [3.63, 3.8) is 0 Å². The molecule has 0 aliphatic heterocycles. The Labute approximate surface area is 83.6 Å². The number of carboxylic acids is 1. The van der Waals surface area contributed by atoms with Crippen molar-refractivity contribution in [2.24, 2.45) is 0 Å². The van der Waals surface area contributed by atoms with E-state index in [1.54, 1.807) is 12.1 Å². The van der Waals surface area contributed by atoms with Crippen LogP contribution in [0.1, 0.15) is 36.9 Å². The highest BCUT2D eigenvalue weighted by atomic mass is 16.4. The predicted molar refractivity (Wildman–Crippen MR) is 51.2 cm³/mol. The van der Waals surface area contributed by atoms with Gasteiger partial charge in [0.05, 0.1) is 0 Å². The topological polar surface area (TPSA) is 67.8 Å². The Morgan fingerprint density at radius 3 is 2.00 bits per heavy atom. The smallest absolute Gasteiger partial charge is 0.150 e. The second-order valence-corrected chi connectivity index (χ2v) is 3.69. The van der Waals surface area contributed by atoms with Crippen LogP contribution in [0.15, 0.2) is 24.3 Å². The van der Waals surface area contributed by atoms with Crippen LogP contribution in [-0.2, 0) is 4.79 Å². The Morgan fingerprint density at radius 1 is 1.21 bits per heavy atom. The predicted octanol–water partition coefficient (Wildman–Crippen LogP) is -0.157.